The van der Waals surface area contributed by atoms with Crippen LogP contribution in [-0.4, -0.2) is 68.7 Å². The molecule has 1 atom stereocenters. The maximum absolute atomic E-state index is 12.1. The largest absolute Gasteiger partial charge is 0.383 e. The average Bonchev–Trinajstić information content (AvgIpc) is 2.56. The van der Waals surface area contributed by atoms with Crippen molar-refractivity contribution in [1.82, 2.24) is 9.21 Å². The van der Waals surface area contributed by atoms with Gasteiger partial charge in [-0.05, 0) is 25.7 Å². The molecule has 0 aromatic rings. The molecule has 0 bridgehead atoms. The molecule has 7 heteroatoms. The number of hydrogen-bond acceptors (Lipinski definition) is 4. The number of likely N-dealkylation sites (tertiary alicyclic amines) is 1. The van der Waals surface area contributed by atoms with E-state index in [0.717, 1.165) is 25.7 Å². The molecular formula is C13H24N2O4S. The average molecular weight is 304 g/mol. The van der Waals surface area contributed by atoms with Crippen molar-refractivity contribution < 1.29 is 17.9 Å². The van der Waals surface area contributed by atoms with Crippen molar-refractivity contribution in [3.63, 3.8) is 0 Å². The Morgan fingerprint density at radius 3 is 2.65 bits per heavy atom. The monoisotopic (exact) mass is 304 g/mol. The topological polar surface area (TPSA) is 66.9 Å². The molecule has 116 valence electrons. The summed E-state index contributed by atoms with van der Waals surface area (Å²) >= 11 is 0. The Kier molecular flexibility index (Phi) is 4.71. The summed E-state index contributed by atoms with van der Waals surface area (Å²) in [7, 11) is -1.51. The fourth-order valence-electron chi connectivity index (χ4n) is 3.42. The minimum Gasteiger partial charge on any atom is -0.383 e. The predicted octanol–water partition coefficient (Wildman–Crippen LogP) is 0.440. The first-order valence-corrected chi connectivity index (χ1v) is 8.98. The Balaban J connectivity index is 2.12. The first-order valence-electron chi connectivity index (χ1n) is 7.14. The highest BCUT2D eigenvalue weighted by Crippen LogP contribution is 2.39. The van der Waals surface area contributed by atoms with Crippen LogP contribution in [0.2, 0.25) is 0 Å². The highest BCUT2D eigenvalue weighted by molar-refractivity contribution is 7.88. The van der Waals surface area contributed by atoms with Crippen molar-refractivity contribution in [3.8, 4) is 0 Å². The number of ether oxygens (including phenoxy) is 1. The third-order valence-electron chi connectivity index (χ3n) is 4.54. The molecule has 1 amide bonds. The number of carbonyl (C=O) groups excluding carboxylic acids is 1. The van der Waals surface area contributed by atoms with Crippen molar-refractivity contribution in [1.29, 1.82) is 0 Å². The van der Waals surface area contributed by atoms with Crippen molar-refractivity contribution in [2.45, 2.75) is 37.6 Å². The van der Waals surface area contributed by atoms with Gasteiger partial charge in [-0.25, -0.2) is 12.7 Å². The van der Waals surface area contributed by atoms with E-state index < -0.39 is 10.0 Å². The number of amides is 1. The molecule has 2 rings (SSSR count). The van der Waals surface area contributed by atoms with Crippen LogP contribution in [0.1, 0.15) is 32.1 Å². The van der Waals surface area contributed by atoms with Crippen LogP contribution >= 0.6 is 0 Å². The second-order valence-corrected chi connectivity index (χ2v) is 7.76. The zero-order valence-corrected chi connectivity index (χ0v) is 13.1. The van der Waals surface area contributed by atoms with Crippen molar-refractivity contribution in [3.05, 3.63) is 0 Å². The zero-order chi connectivity index (χ0) is 14.8. The Labute approximate surface area is 121 Å². The molecule has 0 radical (unpaired) electrons. The molecule has 0 aliphatic carbocycles. The lowest BCUT2D eigenvalue weighted by Crippen LogP contribution is -2.48. The van der Waals surface area contributed by atoms with Gasteiger partial charge in [-0.1, -0.05) is 0 Å². The number of rotatable bonds is 4. The highest BCUT2D eigenvalue weighted by atomic mass is 32.2. The summed E-state index contributed by atoms with van der Waals surface area (Å²) in [6.07, 6.45) is 5.09. The second kappa shape index (κ2) is 5.99. The third-order valence-corrected chi connectivity index (χ3v) is 5.85. The maximum atomic E-state index is 12.1. The summed E-state index contributed by atoms with van der Waals surface area (Å²) < 4.78 is 30.0. The van der Waals surface area contributed by atoms with Crippen LogP contribution < -0.4 is 0 Å². The van der Waals surface area contributed by atoms with Gasteiger partial charge < -0.3 is 9.64 Å². The molecule has 6 nitrogen and oxygen atoms in total. The zero-order valence-electron chi connectivity index (χ0n) is 12.3. The molecule has 2 heterocycles. The minimum atomic E-state index is -3.14. The van der Waals surface area contributed by atoms with E-state index >= 15 is 0 Å². The van der Waals surface area contributed by atoms with Crippen LogP contribution in [0.25, 0.3) is 0 Å². The molecular weight excluding hydrogens is 280 g/mol. The predicted molar refractivity (Wildman–Crippen MR) is 75.8 cm³/mol. The smallest absolute Gasteiger partial charge is 0.223 e. The summed E-state index contributed by atoms with van der Waals surface area (Å²) in [5.41, 5.74) is -0.158. The van der Waals surface area contributed by atoms with Gasteiger partial charge in [0.05, 0.1) is 12.9 Å². The fraction of sp³-hybridized carbons (Fsp3) is 0.923. The lowest BCUT2D eigenvalue weighted by Gasteiger charge is -2.38. The van der Waals surface area contributed by atoms with Crippen LogP contribution in [0.4, 0.5) is 0 Å². The Morgan fingerprint density at radius 2 is 2.00 bits per heavy atom. The first-order chi connectivity index (χ1) is 9.39. The summed E-state index contributed by atoms with van der Waals surface area (Å²) in [6, 6.07) is 0. The molecule has 1 spiro atoms. The van der Waals surface area contributed by atoms with E-state index in [1.807, 2.05) is 4.90 Å². The molecule has 0 unspecified atom stereocenters. The Bertz CT molecular complexity index is 465. The van der Waals surface area contributed by atoms with E-state index in [2.05, 4.69) is 0 Å². The summed E-state index contributed by atoms with van der Waals surface area (Å²) in [5.74, 6) is 0.176. The van der Waals surface area contributed by atoms with Gasteiger partial charge in [0.1, 0.15) is 0 Å². The number of methoxy groups -OCH3 is 1. The molecule has 2 aliphatic rings. The highest BCUT2D eigenvalue weighted by Gasteiger charge is 2.45. The van der Waals surface area contributed by atoms with Crippen molar-refractivity contribution >= 4 is 15.9 Å². The summed E-state index contributed by atoms with van der Waals surface area (Å²) in [4.78, 5) is 14.0. The lowest BCUT2D eigenvalue weighted by atomic mass is 9.88. The molecule has 20 heavy (non-hydrogen) atoms. The number of sulfonamides is 1. The van der Waals surface area contributed by atoms with Crippen LogP contribution in [0, 0.1) is 0 Å². The second-order valence-electron chi connectivity index (χ2n) is 5.78. The molecule has 2 saturated heterocycles. The van der Waals surface area contributed by atoms with Crippen LogP contribution in [0.3, 0.4) is 0 Å². The molecule has 0 aromatic heterocycles. The Morgan fingerprint density at radius 1 is 1.25 bits per heavy atom. The van der Waals surface area contributed by atoms with E-state index in [1.54, 1.807) is 11.4 Å². The molecule has 0 aromatic carbocycles. The van der Waals surface area contributed by atoms with Crippen LogP contribution in [0.5, 0.6) is 0 Å². The Hall–Kier alpha value is -0.660. The molecule has 0 saturated carbocycles. The summed E-state index contributed by atoms with van der Waals surface area (Å²) in [5, 5.41) is 0. The third kappa shape index (κ3) is 3.15. The van der Waals surface area contributed by atoms with Crippen molar-refractivity contribution in [2.75, 3.05) is 39.6 Å². The first kappa shape index (κ1) is 15.7. The minimum absolute atomic E-state index is 0.158. The molecule has 2 aliphatic heterocycles. The van der Waals surface area contributed by atoms with E-state index in [0.29, 0.717) is 32.7 Å². The summed E-state index contributed by atoms with van der Waals surface area (Å²) in [6.45, 7) is 2.21. The maximum Gasteiger partial charge on any atom is 0.223 e. The quantitative estimate of drug-likeness (QED) is 0.756. The lowest BCUT2D eigenvalue weighted by molar-refractivity contribution is -0.132. The van der Waals surface area contributed by atoms with Crippen LogP contribution in [-0.2, 0) is 19.6 Å². The van der Waals surface area contributed by atoms with Crippen molar-refractivity contribution in [2.24, 2.45) is 0 Å². The molecule has 0 N–H and O–H groups in total. The van der Waals surface area contributed by atoms with Gasteiger partial charge in [-0.15, -0.1) is 0 Å². The normalized spacial score (nSPS) is 29.1. The van der Waals surface area contributed by atoms with Gasteiger partial charge in [-0.2, -0.15) is 0 Å². The fourth-order valence-corrected chi connectivity index (χ4v) is 4.31. The van der Waals surface area contributed by atoms with Crippen LogP contribution in [0.15, 0.2) is 0 Å². The number of hydrogen-bond donors (Lipinski definition) is 0. The van der Waals surface area contributed by atoms with Gasteiger partial charge in [0.2, 0.25) is 15.9 Å². The number of carbonyl (C=O) groups is 1. The van der Waals surface area contributed by atoms with Gasteiger partial charge in [0.25, 0.3) is 0 Å². The standard InChI is InChI=1S/C13H24N2O4S/c1-19-11-10-15-12(16)4-6-13(15)5-3-8-14(9-7-13)20(2,17)18/h3-11H2,1-2H3/t13-/m1/s1. The van der Waals surface area contributed by atoms with E-state index in [4.69, 9.17) is 4.74 Å². The number of nitrogens with zero attached hydrogens (tertiary/aromatic N) is 2. The van der Waals surface area contributed by atoms with E-state index in [1.165, 1.54) is 6.26 Å². The van der Waals surface area contributed by atoms with Gasteiger partial charge in [-0.3, -0.25) is 4.79 Å². The SMILES string of the molecule is COCCN1C(=O)CC[C@@]12CCCN(S(C)(=O)=O)CC2. The van der Waals surface area contributed by atoms with Gasteiger partial charge >= 0.3 is 0 Å². The van der Waals surface area contributed by atoms with Gasteiger partial charge in [0, 0.05) is 38.7 Å². The van der Waals surface area contributed by atoms with E-state index in [9.17, 15) is 13.2 Å². The van der Waals surface area contributed by atoms with Gasteiger partial charge in [0.15, 0.2) is 0 Å². The van der Waals surface area contributed by atoms with E-state index in [-0.39, 0.29) is 11.4 Å². The molecule has 2 fully saturated rings.